The maximum absolute atomic E-state index is 10.3. The van der Waals surface area contributed by atoms with Crippen molar-refractivity contribution in [3.63, 3.8) is 0 Å². The number of nitriles is 1. The van der Waals surface area contributed by atoms with E-state index in [-0.39, 0.29) is 6.17 Å². The second kappa shape index (κ2) is 6.88. The van der Waals surface area contributed by atoms with Crippen molar-refractivity contribution in [1.82, 2.24) is 10.6 Å². The molecule has 4 nitrogen and oxygen atoms in total. The first kappa shape index (κ1) is 12.6. The summed E-state index contributed by atoms with van der Waals surface area (Å²) in [5.41, 5.74) is 1.11. The molecule has 0 spiro atoms. The van der Waals surface area contributed by atoms with Gasteiger partial charge in [0, 0.05) is 11.3 Å². The lowest BCUT2D eigenvalue weighted by atomic mass is 10.1. The first-order chi connectivity index (χ1) is 7.80. The van der Waals surface area contributed by atoms with E-state index in [2.05, 4.69) is 10.6 Å². The highest BCUT2D eigenvalue weighted by Crippen LogP contribution is 2.17. The van der Waals surface area contributed by atoms with Gasteiger partial charge in [0.15, 0.2) is 0 Å². The van der Waals surface area contributed by atoms with E-state index in [0.29, 0.717) is 12.8 Å². The average Bonchev–Trinajstić information content (AvgIpc) is 2.31. The number of thioether (sulfide) groups is 1. The lowest BCUT2D eigenvalue weighted by Crippen LogP contribution is -2.41. The number of nitrogens with zero attached hydrogens (tertiary/aromatic N) is 1. The summed E-state index contributed by atoms with van der Waals surface area (Å²) in [6.45, 7) is 0. The molecule has 0 aliphatic heterocycles. The van der Waals surface area contributed by atoms with Crippen molar-refractivity contribution in [3.8, 4) is 5.40 Å². The summed E-state index contributed by atoms with van der Waals surface area (Å²) in [4.78, 5) is 11.2. The summed E-state index contributed by atoms with van der Waals surface area (Å²) in [6, 6.07) is 7.71. The maximum atomic E-state index is 10.3. The molecule has 1 aromatic carbocycles. The molecule has 1 atom stereocenters. The van der Waals surface area contributed by atoms with Crippen molar-refractivity contribution < 1.29 is 4.79 Å². The highest BCUT2D eigenvalue weighted by Gasteiger charge is 2.05. The van der Waals surface area contributed by atoms with Gasteiger partial charge in [-0.2, -0.15) is 5.26 Å². The van der Waals surface area contributed by atoms with Crippen molar-refractivity contribution in [2.75, 3.05) is 7.05 Å². The molecule has 5 heteroatoms. The second-order valence-electron chi connectivity index (χ2n) is 3.17. The molecule has 0 heterocycles. The molecule has 1 amide bonds. The standard InChI is InChI=1S/C11H13N3OS/c1-13-11(14-8-15)6-9-2-4-10(5-3-9)16-7-12/h2-5,8,11,13H,6H2,1H3,(H,14,15). The number of nitrogens with one attached hydrogen (secondary N) is 2. The minimum Gasteiger partial charge on any atom is -0.343 e. The Morgan fingerprint density at radius 1 is 1.50 bits per heavy atom. The van der Waals surface area contributed by atoms with Gasteiger partial charge in [-0.3, -0.25) is 4.79 Å². The summed E-state index contributed by atoms with van der Waals surface area (Å²) in [7, 11) is 1.79. The van der Waals surface area contributed by atoms with Crippen LogP contribution in [0.4, 0.5) is 0 Å². The van der Waals surface area contributed by atoms with E-state index in [1.54, 1.807) is 7.05 Å². The largest absolute Gasteiger partial charge is 0.343 e. The van der Waals surface area contributed by atoms with Gasteiger partial charge in [0.2, 0.25) is 6.41 Å². The maximum Gasteiger partial charge on any atom is 0.208 e. The fraction of sp³-hybridized carbons (Fsp3) is 0.273. The van der Waals surface area contributed by atoms with E-state index in [1.807, 2.05) is 29.7 Å². The molecule has 0 bridgehead atoms. The van der Waals surface area contributed by atoms with Crippen molar-refractivity contribution in [2.45, 2.75) is 17.5 Å². The van der Waals surface area contributed by atoms with E-state index in [1.165, 1.54) is 0 Å². The Hall–Kier alpha value is -1.51. The van der Waals surface area contributed by atoms with Gasteiger partial charge >= 0.3 is 0 Å². The molecule has 0 aliphatic carbocycles. The molecular formula is C11H13N3OS. The van der Waals surface area contributed by atoms with E-state index in [9.17, 15) is 4.79 Å². The van der Waals surface area contributed by atoms with Gasteiger partial charge in [0.05, 0.1) is 6.17 Å². The van der Waals surface area contributed by atoms with Gasteiger partial charge in [-0.25, -0.2) is 0 Å². The molecule has 0 aliphatic rings. The normalized spacial score (nSPS) is 11.5. The number of benzene rings is 1. The van der Waals surface area contributed by atoms with Crippen molar-refractivity contribution in [1.29, 1.82) is 5.26 Å². The molecular weight excluding hydrogens is 222 g/mol. The quantitative estimate of drug-likeness (QED) is 0.335. The van der Waals surface area contributed by atoms with Crippen LogP contribution in [-0.2, 0) is 11.2 Å². The van der Waals surface area contributed by atoms with Crippen molar-refractivity contribution in [3.05, 3.63) is 29.8 Å². The minimum atomic E-state index is -0.0630. The Kier molecular flexibility index (Phi) is 5.40. The van der Waals surface area contributed by atoms with Gasteiger partial charge in [-0.1, -0.05) is 12.1 Å². The molecule has 1 aromatic rings. The molecule has 2 N–H and O–H groups in total. The van der Waals surface area contributed by atoms with Gasteiger partial charge in [-0.05, 0) is 36.5 Å². The summed E-state index contributed by atoms with van der Waals surface area (Å²) >= 11 is 1.14. The molecule has 0 radical (unpaired) electrons. The number of likely N-dealkylation sites (N-methyl/N-ethyl adjacent to an activating group) is 1. The molecule has 0 saturated heterocycles. The van der Waals surface area contributed by atoms with Gasteiger partial charge in [0.25, 0.3) is 0 Å². The molecule has 1 rings (SSSR count). The summed E-state index contributed by atoms with van der Waals surface area (Å²) in [5, 5.41) is 16.2. The third-order valence-corrected chi connectivity index (χ3v) is 2.74. The van der Waals surface area contributed by atoms with Gasteiger partial charge < -0.3 is 10.6 Å². The van der Waals surface area contributed by atoms with Crippen LogP contribution in [-0.4, -0.2) is 19.6 Å². The highest BCUT2D eigenvalue weighted by atomic mass is 32.2. The van der Waals surface area contributed by atoms with Gasteiger partial charge in [-0.15, -0.1) is 0 Å². The zero-order chi connectivity index (χ0) is 11.8. The number of thiocyanates is 1. The van der Waals surface area contributed by atoms with Crippen LogP contribution < -0.4 is 10.6 Å². The average molecular weight is 235 g/mol. The molecule has 1 unspecified atom stereocenters. The number of rotatable bonds is 6. The Morgan fingerprint density at radius 3 is 2.69 bits per heavy atom. The predicted octanol–water partition coefficient (Wildman–Crippen LogP) is 1.09. The fourth-order valence-electron chi connectivity index (χ4n) is 1.31. The molecule has 0 aromatic heterocycles. The van der Waals surface area contributed by atoms with Crippen LogP contribution >= 0.6 is 11.8 Å². The summed E-state index contributed by atoms with van der Waals surface area (Å²) in [5.74, 6) is 0. The van der Waals surface area contributed by atoms with Crippen molar-refractivity contribution >= 4 is 18.2 Å². The van der Waals surface area contributed by atoms with Crippen LogP contribution in [0.1, 0.15) is 5.56 Å². The summed E-state index contributed by atoms with van der Waals surface area (Å²) in [6.07, 6.45) is 1.33. The third-order valence-electron chi connectivity index (χ3n) is 2.14. The third kappa shape index (κ3) is 3.93. The monoisotopic (exact) mass is 235 g/mol. The van der Waals surface area contributed by atoms with E-state index in [4.69, 9.17) is 5.26 Å². The van der Waals surface area contributed by atoms with Crippen LogP contribution in [0.3, 0.4) is 0 Å². The smallest absolute Gasteiger partial charge is 0.208 e. The number of carbonyl (C=O) groups excluding carboxylic acids is 1. The highest BCUT2D eigenvalue weighted by molar-refractivity contribution is 8.03. The van der Waals surface area contributed by atoms with E-state index >= 15 is 0 Å². The van der Waals surface area contributed by atoms with E-state index in [0.717, 1.165) is 22.2 Å². The summed E-state index contributed by atoms with van der Waals surface area (Å²) < 4.78 is 0. The lowest BCUT2D eigenvalue weighted by Gasteiger charge is -2.14. The second-order valence-corrected chi connectivity index (χ2v) is 4.03. The zero-order valence-corrected chi connectivity index (χ0v) is 9.75. The van der Waals surface area contributed by atoms with Crippen LogP contribution in [0.25, 0.3) is 0 Å². The number of hydrogen-bond acceptors (Lipinski definition) is 4. The predicted molar refractivity (Wildman–Crippen MR) is 63.7 cm³/mol. The Labute approximate surface area is 99.0 Å². The minimum absolute atomic E-state index is 0.0630. The van der Waals surface area contributed by atoms with Crippen LogP contribution in [0.5, 0.6) is 0 Å². The zero-order valence-electron chi connectivity index (χ0n) is 8.93. The molecule has 0 fully saturated rings. The first-order valence-corrected chi connectivity index (χ1v) is 5.63. The Bertz CT molecular complexity index is 372. The Morgan fingerprint density at radius 2 is 2.19 bits per heavy atom. The molecule has 84 valence electrons. The van der Waals surface area contributed by atoms with Crippen LogP contribution in [0, 0.1) is 10.7 Å². The topological polar surface area (TPSA) is 64.9 Å². The van der Waals surface area contributed by atoms with Crippen molar-refractivity contribution in [2.24, 2.45) is 0 Å². The van der Waals surface area contributed by atoms with E-state index < -0.39 is 0 Å². The SMILES string of the molecule is CNC(Cc1ccc(SC#N)cc1)NC=O. The number of amides is 1. The van der Waals surface area contributed by atoms with Crippen LogP contribution in [0.2, 0.25) is 0 Å². The fourth-order valence-corrected chi connectivity index (χ4v) is 1.69. The lowest BCUT2D eigenvalue weighted by molar-refractivity contribution is -0.110. The van der Waals surface area contributed by atoms with Crippen LogP contribution in [0.15, 0.2) is 29.2 Å². The number of hydrogen-bond donors (Lipinski definition) is 2. The first-order valence-electron chi connectivity index (χ1n) is 4.82. The molecule has 16 heavy (non-hydrogen) atoms. The van der Waals surface area contributed by atoms with Gasteiger partial charge in [0.1, 0.15) is 5.40 Å². The molecule has 0 saturated carbocycles. The Balaban J connectivity index is 2.60. The number of carbonyl (C=O) groups is 1.